The third-order valence-corrected chi connectivity index (χ3v) is 2.90. The summed E-state index contributed by atoms with van der Waals surface area (Å²) in [6.07, 6.45) is 6.50. The summed E-state index contributed by atoms with van der Waals surface area (Å²) in [7, 11) is 1.74. The predicted molar refractivity (Wildman–Crippen MR) is 76.2 cm³/mol. The molecule has 20 heavy (non-hydrogen) atoms. The minimum atomic E-state index is -0.131. The molecule has 0 radical (unpaired) electrons. The molecule has 1 N–H and O–H groups in total. The van der Waals surface area contributed by atoms with Crippen LogP contribution in [0.15, 0.2) is 36.9 Å². The number of hydrogen-bond acceptors (Lipinski definition) is 5. The van der Waals surface area contributed by atoms with Gasteiger partial charge in [0.2, 0.25) is 0 Å². The van der Waals surface area contributed by atoms with Crippen LogP contribution in [0.3, 0.4) is 0 Å². The number of hydrogen-bond donors (Lipinski definition) is 1. The molecule has 2 aromatic rings. The molecule has 0 aliphatic carbocycles. The molecule has 2 aromatic heterocycles. The van der Waals surface area contributed by atoms with E-state index < -0.39 is 0 Å². The van der Waals surface area contributed by atoms with Crippen molar-refractivity contribution in [3.05, 3.63) is 48.2 Å². The molecule has 0 aliphatic heterocycles. The van der Waals surface area contributed by atoms with Gasteiger partial charge >= 0.3 is 0 Å². The van der Waals surface area contributed by atoms with Crippen LogP contribution in [0.4, 0.5) is 5.82 Å². The molecule has 6 heteroatoms. The van der Waals surface area contributed by atoms with Gasteiger partial charge in [-0.25, -0.2) is 4.98 Å². The number of nitrogens with one attached hydrogen (secondary N) is 1. The Labute approximate surface area is 117 Å². The monoisotopic (exact) mass is 271 g/mol. The van der Waals surface area contributed by atoms with Crippen molar-refractivity contribution in [3.63, 3.8) is 0 Å². The van der Waals surface area contributed by atoms with Gasteiger partial charge in [-0.05, 0) is 24.6 Å². The van der Waals surface area contributed by atoms with E-state index in [9.17, 15) is 4.79 Å². The van der Waals surface area contributed by atoms with Crippen LogP contribution in [-0.2, 0) is 6.54 Å². The summed E-state index contributed by atoms with van der Waals surface area (Å²) in [5.74, 6) is 0.449. The van der Waals surface area contributed by atoms with Gasteiger partial charge in [-0.1, -0.05) is 0 Å². The lowest BCUT2D eigenvalue weighted by Gasteiger charge is -2.20. The standard InChI is InChI=1S/C14H17N5O/c1-3-19(10-11-4-6-16-7-5-11)14(20)12-8-17-9-13(15-2)18-12/h4-9H,3,10H2,1-2H3,(H,15,18). The van der Waals surface area contributed by atoms with Crippen LogP contribution < -0.4 is 5.32 Å². The highest BCUT2D eigenvalue weighted by molar-refractivity contribution is 5.92. The maximum atomic E-state index is 12.4. The molecule has 2 rings (SSSR count). The molecule has 0 saturated carbocycles. The van der Waals surface area contributed by atoms with Gasteiger partial charge < -0.3 is 10.2 Å². The normalized spacial score (nSPS) is 10.1. The van der Waals surface area contributed by atoms with E-state index in [2.05, 4.69) is 20.3 Å². The number of pyridine rings is 1. The molecule has 1 amide bonds. The number of carbonyl (C=O) groups is 1. The van der Waals surface area contributed by atoms with E-state index in [-0.39, 0.29) is 5.91 Å². The van der Waals surface area contributed by atoms with E-state index in [0.29, 0.717) is 24.6 Å². The van der Waals surface area contributed by atoms with Gasteiger partial charge in [-0.15, -0.1) is 0 Å². The number of rotatable bonds is 5. The number of carbonyl (C=O) groups excluding carboxylic acids is 1. The van der Waals surface area contributed by atoms with Gasteiger partial charge in [-0.2, -0.15) is 0 Å². The van der Waals surface area contributed by atoms with Crippen molar-refractivity contribution in [2.24, 2.45) is 0 Å². The van der Waals surface area contributed by atoms with Crippen LogP contribution in [-0.4, -0.2) is 39.4 Å². The Bertz CT molecular complexity index is 573. The number of nitrogens with zero attached hydrogens (tertiary/aromatic N) is 4. The zero-order chi connectivity index (χ0) is 14.4. The zero-order valence-electron chi connectivity index (χ0n) is 11.6. The van der Waals surface area contributed by atoms with E-state index in [4.69, 9.17) is 0 Å². The third-order valence-electron chi connectivity index (χ3n) is 2.90. The first-order chi connectivity index (χ1) is 9.74. The van der Waals surface area contributed by atoms with Crippen molar-refractivity contribution in [1.82, 2.24) is 19.9 Å². The molecule has 0 saturated heterocycles. The fraction of sp³-hybridized carbons (Fsp3) is 0.286. The third kappa shape index (κ3) is 3.28. The number of anilines is 1. The molecule has 0 aliphatic rings. The van der Waals surface area contributed by atoms with Crippen LogP contribution in [0.1, 0.15) is 23.0 Å². The summed E-state index contributed by atoms with van der Waals surface area (Å²) in [5.41, 5.74) is 1.38. The molecule has 0 unspecified atom stereocenters. The SMILES string of the molecule is CCN(Cc1ccncc1)C(=O)c1cncc(NC)n1. The van der Waals surface area contributed by atoms with E-state index >= 15 is 0 Å². The topological polar surface area (TPSA) is 71.0 Å². The van der Waals surface area contributed by atoms with Gasteiger partial charge in [0.05, 0.1) is 12.4 Å². The highest BCUT2D eigenvalue weighted by Crippen LogP contribution is 2.09. The maximum Gasteiger partial charge on any atom is 0.274 e. The molecule has 104 valence electrons. The minimum Gasteiger partial charge on any atom is -0.372 e. The molecule has 6 nitrogen and oxygen atoms in total. The summed E-state index contributed by atoms with van der Waals surface area (Å²) in [6.45, 7) is 3.07. The quantitative estimate of drug-likeness (QED) is 0.894. The Kier molecular flexibility index (Phi) is 4.60. The average Bonchev–Trinajstić information content (AvgIpc) is 2.53. The van der Waals surface area contributed by atoms with Crippen molar-refractivity contribution in [2.75, 3.05) is 18.9 Å². The molecular weight excluding hydrogens is 254 g/mol. The first-order valence-electron chi connectivity index (χ1n) is 6.42. The van der Waals surface area contributed by atoms with E-state index in [0.717, 1.165) is 5.56 Å². The van der Waals surface area contributed by atoms with E-state index in [1.165, 1.54) is 6.20 Å². The van der Waals surface area contributed by atoms with Crippen molar-refractivity contribution < 1.29 is 4.79 Å². The summed E-state index contributed by atoms with van der Waals surface area (Å²) >= 11 is 0. The summed E-state index contributed by atoms with van der Waals surface area (Å²) in [6, 6.07) is 3.79. The second-order valence-corrected chi connectivity index (χ2v) is 4.21. The molecule has 0 bridgehead atoms. The highest BCUT2D eigenvalue weighted by Gasteiger charge is 2.16. The van der Waals surface area contributed by atoms with Gasteiger partial charge in [0.25, 0.3) is 5.91 Å². The summed E-state index contributed by atoms with van der Waals surface area (Å²) < 4.78 is 0. The molecule has 0 spiro atoms. The van der Waals surface area contributed by atoms with Crippen LogP contribution in [0.25, 0.3) is 0 Å². The highest BCUT2D eigenvalue weighted by atomic mass is 16.2. The van der Waals surface area contributed by atoms with Crippen molar-refractivity contribution in [3.8, 4) is 0 Å². The first kappa shape index (κ1) is 13.9. The number of aromatic nitrogens is 3. The molecular formula is C14H17N5O. The van der Waals surface area contributed by atoms with Crippen molar-refractivity contribution >= 4 is 11.7 Å². The second-order valence-electron chi connectivity index (χ2n) is 4.21. The van der Waals surface area contributed by atoms with Crippen molar-refractivity contribution in [1.29, 1.82) is 0 Å². The Morgan fingerprint density at radius 2 is 2.00 bits per heavy atom. The van der Waals surface area contributed by atoms with Crippen LogP contribution in [0.2, 0.25) is 0 Å². The Balaban J connectivity index is 2.16. The summed E-state index contributed by atoms with van der Waals surface area (Å²) in [4.78, 5) is 26.4. The van der Waals surface area contributed by atoms with Crippen LogP contribution in [0.5, 0.6) is 0 Å². The lowest BCUT2D eigenvalue weighted by atomic mass is 10.2. The molecule has 0 aromatic carbocycles. The van der Waals surface area contributed by atoms with Gasteiger partial charge in [0, 0.05) is 32.5 Å². The van der Waals surface area contributed by atoms with E-state index in [1.54, 1.807) is 30.5 Å². The Hall–Kier alpha value is -2.50. The first-order valence-corrected chi connectivity index (χ1v) is 6.42. The van der Waals surface area contributed by atoms with Gasteiger partial charge in [0.15, 0.2) is 0 Å². The second kappa shape index (κ2) is 6.60. The van der Waals surface area contributed by atoms with Crippen LogP contribution >= 0.6 is 0 Å². The zero-order valence-corrected chi connectivity index (χ0v) is 11.6. The Morgan fingerprint density at radius 1 is 1.25 bits per heavy atom. The minimum absolute atomic E-state index is 0.131. The predicted octanol–water partition coefficient (Wildman–Crippen LogP) is 1.58. The van der Waals surface area contributed by atoms with Crippen molar-refractivity contribution in [2.45, 2.75) is 13.5 Å². The largest absolute Gasteiger partial charge is 0.372 e. The van der Waals surface area contributed by atoms with E-state index in [1.807, 2.05) is 19.1 Å². The van der Waals surface area contributed by atoms with Crippen LogP contribution in [0, 0.1) is 0 Å². The molecule has 0 fully saturated rings. The maximum absolute atomic E-state index is 12.4. The molecule has 0 atom stereocenters. The van der Waals surface area contributed by atoms with Gasteiger partial charge in [-0.3, -0.25) is 14.8 Å². The Morgan fingerprint density at radius 3 is 2.65 bits per heavy atom. The fourth-order valence-electron chi connectivity index (χ4n) is 1.79. The lowest BCUT2D eigenvalue weighted by Crippen LogP contribution is -2.31. The number of amides is 1. The molecule has 2 heterocycles. The average molecular weight is 271 g/mol. The lowest BCUT2D eigenvalue weighted by molar-refractivity contribution is 0.0746. The fourth-order valence-corrected chi connectivity index (χ4v) is 1.79. The smallest absolute Gasteiger partial charge is 0.274 e. The summed E-state index contributed by atoms with van der Waals surface area (Å²) in [5, 5.41) is 2.88. The van der Waals surface area contributed by atoms with Gasteiger partial charge in [0.1, 0.15) is 11.5 Å².